The molecule has 0 saturated carbocycles. The van der Waals surface area contributed by atoms with Crippen molar-refractivity contribution in [3.05, 3.63) is 32.8 Å². The monoisotopic (exact) mass is 392 g/mol. The first-order valence-electron chi connectivity index (χ1n) is 6.25. The van der Waals surface area contributed by atoms with Gasteiger partial charge in [-0.25, -0.2) is 8.42 Å². The van der Waals surface area contributed by atoms with E-state index in [1.165, 1.54) is 13.0 Å². The Morgan fingerprint density at radius 3 is 2.64 bits per heavy atom. The third kappa shape index (κ3) is 2.85. The third-order valence-corrected chi connectivity index (χ3v) is 6.08. The van der Waals surface area contributed by atoms with Crippen molar-refractivity contribution >= 4 is 37.6 Å². The second kappa shape index (κ2) is 5.60. The Morgan fingerprint density at radius 1 is 1.50 bits per heavy atom. The van der Waals surface area contributed by atoms with Crippen LogP contribution in [0.5, 0.6) is 0 Å². The van der Waals surface area contributed by atoms with Crippen LogP contribution >= 0.6 is 15.9 Å². The van der Waals surface area contributed by atoms with Crippen LogP contribution < -0.4 is 0 Å². The van der Waals surface area contributed by atoms with Crippen LogP contribution in [0, 0.1) is 15.5 Å². The van der Waals surface area contributed by atoms with E-state index in [9.17, 15) is 23.3 Å². The molecular formula is C12H13BrN2O6S. The van der Waals surface area contributed by atoms with Gasteiger partial charge in [0.05, 0.1) is 10.3 Å². The van der Waals surface area contributed by atoms with E-state index in [1.807, 2.05) is 0 Å². The van der Waals surface area contributed by atoms with Crippen LogP contribution in [0.1, 0.15) is 13.3 Å². The molecule has 1 N–H and O–H groups in total. The zero-order chi connectivity index (χ0) is 16.7. The normalized spacial score (nSPS) is 22.6. The molecule has 1 aromatic rings. The predicted molar refractivity (Wildman–Crippen MR) is 79.9 cm³/mol. The molecule has 1 saturated heterocycles. The van der Waals surface area contributed by atoms with Crippen molar-refractivity contribution in [2.75, 3.05) is 13.1 Å². The lowest BCUT2D eigenvalue weighted by atomic mass is 9.90. The van der Waals surface area contributed by atoms with Crippen LogP contribution in [-0.4, -0.2) is 41.8 Å². The fourth-order valence-electron chi connectivity index (χ4n) is 2.29. The summed E-state index contributed by atoms with van der Waals surface area (Å²) >= 11 is 3.06. The highest BCUT2D eigenvalue weighted by Crippen LogP contribution is 2.36. The average Bonchev–Trinajstić information content (AvgIpc) is 2.83. The molecule has 1 atom stereocenters. The summed E-state index contributed by atoms with van der Waals surface area (Å²) in [6, 6.07) is 3.65. The van der Waals surface area contributed by atoms with E-state index in [2.05, 4.69) is 15.9 Å². The molecule has 1 aromatic carbocycles. The van der Waals surface area contributed by atoms with E-state index in [-0.39, 0.29) is 19.5 Å². The summed E-state index contributed by atoms with van der Waals surface area (Å²) in [5.74, 6) is -1.09. The molecule has 0 aliphatic carbocycles. The van der Waals surface area contributed by atoms with Crippen molar-refractivity contribution < 1.29 is 23.2 Å². The number of carbonyl (C=O) groups is 1. The largest absolute Gasteiger partial charge is 0.481 e. The van der Waals surface area contributed by atoms with Crippen molar-refractivity contribution in [1.82, 2.24) is 4.31 Å². The molecule has 0 bridgehead atoms. The number of nitro groups is 1. The van der Waals surface area contributed by atoms with Crippen molar-refractivity contribution in [3.63, 3.8) is 0 Å². The number of hydrogen-bond acceptors (Lipinski definition) is 5. The fourth-order valence-corrected chi connectivity index (χ4v) is 4.34. The van der Waals surface area contributed by atoms with Crippen LogP contribution in [0.15, 0.2) is 27.6 Å². The minimum Gasteiger partial charge on any atom is -0.481 e. The summed E-state index contributed by atoms with van der Waals surface area (Å²) in [7, 11) is -4.13. The van der Waals surface area contributed by atoms with Gasteiger partial charge >= 0.3 is 5.97 Å². The molecule has 22 heavy (non-hydrogen) atoms. The number of rotatable bonds is 4. The number of nitro benzene ring substituents is 1. The zero-order valence-electron chi connectivity index (χ0n) is 11.5. The van der Waals surface area contributed by atoms with Crippen LogP contribution in [-0.2, 0) is 14.8 Å². The summed E-state index contributed by atoms with van der Waals surface area (Å²) in [5.41, 5.74) is -1.73. The summed E-state index contributed by atoms with van der Waals surface area (Å²) in [6.07, 6.45) is 0.159. The SMILES string of the molecule is CC1(C(=O)O)CCN(S(=O)(=O)c2ccc(Br)cc2[N+](=O)[O-])C1. The van der Waals surface area contributed by atoms with E-state index in [4.69, 9.17) is 5.11 Å². The number of benzene rings is 1. The second-order valence-electron chi connectivity index (χ2n) is 5.32. The molecule has 10 heteroatoms. The zero-order valence-corrected chi connectivity index (χ0v) is 13.9. The standard InChI is InChI=1S/C12H13BrN2O6S/c1-12(11(16)17)4-5-14(7-12)22(20,21)10-3-2-8(13)6-9(10)15(18)19/h2-3,6H,4-5,7H2,1H3,(H,16,17). The smallest absolute Gasteiger partial charge is 0.310 e. The molecule has 0 spiro atoms. The van der Waals surface area contributed by atoms with E-state index in [1.54, 1.807) is 0 Å². The molecule has 1 fully saturated rings. The molecule has 1 aliphatic rings. The van der Waals surface area contributed by atoms with Gasteiger partial charge in [0.25, 0.3) is 5.69 Å². The first-order chi connectivity index (χ1) is 10.1. The number of carboxylic acid groups (broad SMARTS) is 1. The highest BCUT2D eigenvalue weighted by Gasteiger charge is 2.46. The van der Waals surface area contributed by atoms with Crippen molar-refractivity contribution in [2.24, 2.45) is 5.41 Å². The van der Waals surface area contributed by atoms with E-state index < -0.39 is 36.9 Å². The highest BCUT2D eigenvalue weighted by atomic mass is 79.9. The van der Waals surface area contributed by atoms with Gasteiger partial charge in [-0.15, -0.1) is 0 Å². The van der Waals surface area contributed by atoms with Gasteiger partial charge in [-0.1, -0.05) is 15.9 Å². The molecule has 1 aliphatic heterocycles. The van der Waals surface area contributed by atoms with Gasteiger partial charge in [0.2, 0.25) is 10.0 Å². The van der Waals surface area contributed by atoms with E-state index in [0.717, 1.165) is 16.4 Å². The topological polar surface area (TPSA) is 118 Å². The number of nitrogens with zero attached hydrogens (tertiary/aromatic N) is 2. The van der Waals surface area contributed by atoms with Gasteiger partial charge < -0.3 is 5.11 Å². The van der Waals surface area contributed by atoms with Gasteiger partial charge in [0, 0.05) is 23.6 Å². The van der Waals surface area contributed by atoms with Crippen LogP contribution in [0.25, 0.3) is 0 Å². The minimum atomic E-state index is -4.13. The Labute approximate surface area is 135 Å². The molecule has 0 aromatic heterocycles. The molecule has 0 radical (unpaired) electrons. The first-order valence-corrected chi connectivity index (χ1v) is 8.49. The van der Waals surface area contributed by atoms with Crippen LogP contribution in [0.2, 0.25) is 0 Å². The number of carboxylic acids is 1. The molecule has 120 valence electrons. The van der Waals surface area contributed by atoms with Gasteiger partial charge in [-0.05, 0) is 25.5 Å². The maximum absolute atomic E-state index is 12.6. The molecule has 0 amide bonds. The predicted octanol–water partition coefficient (Wildman–Crippen LogP) is 1.84. The van der Waals surface area contributed by atoms with Gasteiger partial charge in [0.1, 0.15) is 0 Å². The first kappa shape index (κ1) is 16.8. The van der Waals surface area contributed by atoms with Gasteiger partial charge in [-0.3, -0.25) is 14.9 Å². The molecule has 1 heterocycles. The second-order valence-corrected chi connectivity index (χ2v) is 8.15. The quantitative estimate of drug-likeness (QED) is 0.616. The van der Waals surface area contributed by atoms with Crippen molar-refractivity contribution in [2.45, 2.75) is 18.2 Å². The summed E-state index contributed by atoms with van der Waals surface area (Å²) < 4.78 is 26.6. The molecular weight excluding hydrogens is 380 g/mol. The maximum Gasteiger partial charge on any atom is 0.310 e. The molecule has 2 rings (SSSR count). The Bertz CT molecular complexity index is 750. The Kier molecular flexibility index (Phi) is 4.28. The van der Waals surface area contributed by atoms with E-state index in [0.29, 0.717) is 4.47 Å². The molecule has 8 nitrogen and oxygen atoms in total. The lowest BCUT2D eigenvalue weighted by molar-refractivity contribution is -0.387. The summed E-state index contributed by atoms with van der Waals surface area (Å²) in [5, 5.41) is 20.2. The fraction of sp³-hybridized carbons (Fsp3) is 0.417. The summed E-state index contributed by atoms with van der Waals surface area (Å²) in [4.78, 5) is 21.1. The minimum absolute atomic E-state index is 0.0123. The van der Waals surface area contributed by atoms with Crippen LogP contribution in [0.3, 0.4) is 0 Å². The Balaban J connectivity index is 2.45. The Hall–Kier alpha value is -1.52. The lowest BCUT2D eigenvalue weighted by Crippen LogP contribution is -2.35. The van der Waals surface area contributed by atoms with Crippen LogP contribution in [0.4, 0.5) is 5.69 Å². The number of hydrogen-bond donors (Lipinski definition) is 1. The van der Waals surface area contributed by atoms with Gasteiger partial charge in [0.15, 0.2) is 4.90 Å². The Morgan fingerprint density at radius 2 is 2.14 bits per heavy atom. The molecule has 1 unspecified atom stereocenters. The lowest BCUT2D eigenvalue weighted by Gasteiger charge is -2.20. The van der Waals surface area contributed by atoms with E-state index >= 15 is 0 Å². The number of halogens is 1. The maximum atomic E-state index is 12.6. The average molecular weight is 393 g/mol. The number of sulfonamides is 1. The van der Waals surface area contributed by atoms with Gasteiger partial charge in [-0.2, -0.15) is 4.31 Å². The third-order valence-electron chi connectivity index (χ3n) is 3.69. The van der Waals surface area contributed by atoms with Crippen molar-refractivity contribution in [3.8, 4) is 0 Å². The summed E-state index contributed by atoms with van der Waals surface area (Å²) in [6.45, 7) is 1.26. The number of aliphatic carboxylic acids is 1. The highest BCUT2D eigenvalue weighted by molar-refractivity contribution is 9.10. The van der Waals surface area contributed by atoms with Crippen molar-refractivity contribution in [1.29, 1.82) is 0 Å².